The second-order valence-electron chi connectivity index (χ2n) is 7.50. The van der Waals surface area contributed by atoms with Gasteiger partial charge in [-0.2, -0.15) is 5.26 Å². The van der Waals surface area contributed by atoms with Gasteiger partial charge in [0.2, 0.25) is 0 Å². The van der Waals surface area contributed by atoms with E-state index in [1.807, 2.05) is 41.0 Å². The van der Waals surface area contributed by atoms with E-state index in [0.29, 0.717) is 23.3 Å². The van der Waals surface area contributed by atoms with Crippen molar-refractivity contribution in [3.8, 4) is 6.07 Å². The highest BCUT2D eigenvalue weighted by molar-refractivity contribution is 5.84. The molecule has 0 aliphatic rings. The fourth-order valence-electron chi connectivity index (χ4n) is 3.89. The van der Waals surface area contributed by atoms with Gasteiger partial charge in [-0.15, -0.1) is 0 Å². The molecule has 4 aromatic rings. The van der Waals surface area contributed by atoms with Crippen LogP contribution in [0.2, 0.25) is 0 Å². The van der Waals surface area contributed by atoms with Crippen LogP contribution in [0.1, 0.15) is 23.6 Å². The van der Waals surface area contributed by atoms with Gasteiger partial charge >= 0.3 is 0 Å². The van der Waals surface area contributed by atoms with Crippen LogP contribution in [-0.4, -0.2) is 26.7 Å². The number of rotatable bonds is 6. The summed E-state index contributed by atoms with van der Waals surface area (Å²) in [5, 5.41) is 23.7. The van der Waals surface area contributed by atoms with E-state index in [1.54, 1.807) is 11.3 Å². The molecular formula is C24H24N4O2. The van der Waals surface area contributed by atoms with E-state index >= 15 is 0 Å². The molecule has 0 saturated heterocycles. The number of nitriles is 1. The molecule has 0 saturated carbocycles. The number of anilines is 1. The van der Waals surface area contributed by atoms with Crippen LogP contribution >= 0.6 is 0 Å². The zero-order valence-electron chi connectivity index (χ0n) is 17.1. The largest absolute Gasteiger partial charge is 0.389 e. The molecule has 0 aliphatic heterocycles. The SMILES string of the molecule is CCc1ccc(NC[C@H](O)Cn2c3ccccc3n3c(=O)cc(C)c(C#N)c23)cc1. The summed E-state index contributed by atoms with van der Waals surface area (Å²) in [5.41, 5.74) is 5.16. The van der Waals surface area contributed by atoms with Crippen LogP contribution < -0.4 is 10.9 Å². The van der Waals surface area contributed by atoms with E-state index in [9.17, 15) is 15.2 Å². The third kappa shape index (κ3) is 3.44. The molecule has 2 N–H and O–H groups in total. The minimum Gasteiger partial charge on any atom is -0.389 e. The molecule has 0 fully saturated rings. The summed E-state index contributed by atoms with van der Waals surface area (Å²) in [6.07, 6.45) is 0.272. The average molecular weight is 400 g/mol. The number of para-hydroxylation sites is 2. The number of nitrogens with zero attached hydrogens (tertiary/aromatic N) is 3. The third-order valence-electron chi connectivity index (χ3n) is 5.47. The standard InChI is InChI=1S/C24H24N4O2/c1-3-17-8-10-18(11-9-17)26-14-19(29)15-27-21-6-4-5-7-22(21)28-23(30)12-16(2)20(13-25)24(27)28/h4-12,19,26,29H,3,14-15H2,1-2H3/t19-/m0/s1. The summed E-state index contributed by atoms with van der Waals surface area (Å²) in [5.74, 6) is 0. The van der Waals surface area contributed by atoms with Gasteiger partial charge in [0.1, 0.15) is 11.7 Å². The first-order valence-electron chi connectivity index (χ1n) is 10.1. The van der Waals surface area contributed by atoms with Crippen LogP contribution in [0.5, 0.6) is 0 Å². The van der Waals surface area contributed by atoms with Crippen LogP contribution in [0.3, 0.4) is 0 Å². The number of aryl methyl sites for hydroxylation is 2. The summed E-state index contributed by atoms with van der Waals surface area (Å²) in [6.45, 7) is 4.48. The van der Waals surface area contributed by atoms with E-state index in [4.69, 9.17) is 0 Å². The smallest absolute Gasteiger partial charge is 0.257 e. The Kier molecular flexibility index (Phi) is 5.30. The van der Waals surface area contributed by atoms with E-state index in [2.05, 4.69) is 30.4 Å². The monoisotopic (exact) mass is 400 g/mol. The molecule has 1 atom stereocenters. The first-order valence-corrected chi connectivity index (χ1v) is 10.1. The third-order valence-corrected chi connectivity index (χ3v) is 5.47. The maximum atomic E-state index is 12.7. The Bertz CT molecular complexity index is 1310. The highest BCUT2D eigenvalue weighted by Crippen LogP contribution is 2.24. The van der Waals surface area contributed by atoms with Crippen LogP contribution in [0.15, 0.2) is 59.4 Å². The lowest BCUT2D eigenvalue weighted by molar-refractivity contribution is 0.169. The highest BCUT2D eigenvalue weighted by atomic mass is 16.3. The van der Waals surface area contributed by atoms with Crippen molar-refractivity contribution < 1.29 is 5.11 Å². The van der Waals surface area contributed by atoms with Crippen molar-refractivity contribution in [2.24, 2.45) is 0 Å². The fourth-order valence-corrected chi connectivity index (χ4v) is 3.89. The molecule has 2 aromatic heterocycles. The summed E-state index contributed by atoms with van der Waals surface area (Å²) in [7, 11) is 0. The number of pyridine rings is 1. The van der Waals surface area contributed by atoms with E-state index in [0.717, 1.165) is 23.1 Å². The maximum Gasteiger partial charge on any atom is 0.257 e. The van der Waals surface area contributed by atoms with Crippen LogP contribution in [0, 0.1) is 18.3 Å². The minimum absolute atomic E-state index is 0.180. The maximum absolute atomic E-state index is 12.7. The Balaban J connectivity index is 1.70. The van der Waals surface area contributed by atoms with E-state index in [1.165, 1.54) is 11.6 Å². The predicted octanol–water partition coefficient (Wildman–Crippen LogP) is 3.47. The number of hydrogen-bond acceptors (Lipinski definition) is 4. The number of aliphatic hydroxyl groups excluding tert-OH is 1. The molecule has 2 aromatic carbocycles. The fraction of sp³-hybridized carbons (Fsp3) is 0.250. The minimum atomic E-state index is -0.711. The molecule has 0 spiro atoms. The van der Waals surface area contributed by atoms with Gasteiger partial charge in [0.25, 0.3) is 5.56 Å². The predicted molar refractivity (Wildman–Crippen MR) is 119 cm³/mol. The van der Waals surface area contributed by atoms with Crippen LogP contribution in [0.4, 0.5) is 5.69 Å². The van der Waals surface area contributed by atoms with Gasteiger partial charge in [0.15, 0.2) is 0 Å². The summed E-state index contributed by atoms with van der Waals surface area (Å²) in [4.78, 5) is 12.7. The lowest BCUT2D eigenvalue weighted by atomic mass is 10.1. The van der Waals surface area contributed by atoms with Crippen LogP contribution in [0.25, 0.3) is 16.7 Å². The Morgan fingerprint density at radius 3 is 2.50 bits per heavy atom. The Hall–Kier alpha value is -3.56. The Labute approximate surface area is 174 Å². The molecule has 4 rings (SSSR count). The van der Waals surface area contributed by atoms with E-state index in [-0.39, 0.29) is 12.1 Å². The number of hydrogen-bond donors (Lipinski definition) is 2. The first kappa shape index (κ1) is 19.7. The topological polar surface area (TPSA) is 82.5 Å². The molecule has 6 heteroatoms. The zero-order chi connectivity index (χ0) is 21.3. The second kappa shape index (κ2) is 8.05. The van der Waals surface area contributed by atoms with Crippen molar-refractivity contribution in [1.29, 1.82) is 5.26 Å². The normalized spacial score (nSPS) is 12.2. The van der Waals surface area contributed by atoms with Crippen molar-refractivity contribution in [1.82, 2.24) is 8.97 Å². The van der Waals surface area contributed by atoms with Gasteiger partial charge in [0.05, 0.1) is 29.2 Å². The van der Waals surface area contributed by atoms with Crippen LogP contribution in [-0.2, 0) is 13.0 Å². The van der Waals surface area contributed by atoms with Gasteiger partial charge in [-0.25, -0.2) is 0 Å². The first-order chi connectivity index (χ1) is 14.5. The van der Waals surface area contributed by atoms with Gasteiger partial charge < -0.3 is 15.0 Å². The molecule has 0 radical (unpaired) electrons. The number of benzene rings is 2. The molecule has 30 heavy (non-hydrogen) atoms. The molecule has 0 bridgehead atoms. The Morgan fingerprint density at radius 1 is 1.13 bits per heavy atom. The van der Waals surface area contributed by atoms with Crippen molar-refractivity contribution in [2.45, 2.75) is 32.9 Å². The highest BCUT2D eigenvalue weighted by Gasteiger charge is 2.19. The van der Waals surface area contributed by atoms with Crippen molar-refractivity contribution in [2.75, 3.05) is 11.9 Å². The zero-order valence-corrected chi connectivity index (χ0v) is 17.1. The number of nitrogens with one attached hydrogen (secondary N) is 1. The Morgan fingerprint density at radius 2 is 1.83 bits per heavy atom. The molecule has 2 heterocycles. The van der Waals surface area contributed by atoms with Crippen molar-refractivity contribution in [3.05, 3.63) is 81.6 Å². The van der Waals surface area contributed by atoms with Crippen molar-refractivity contribution in [3.63, 3.8) is 0 Å². The average Bonchev–Trinajstić information content (AvgIpc) is 3.07. The van der Waals surface area contributed by atoms with Crippen molar-refractivity contribution >= 4 is 22.4 Å². The van der Waals surface area contributed by atoms with Gasteiger partial charge in [-0.05, 0) is 48.7 Å². The lowest BCUT2D eigenvalue weighted by Crippen LogP contribution is -2.25. The van der Waals surface area contributed by atoms with Gasteiger partial charge in [-0.3, -0.25) is 9.20 Å². The molecule has 0 amide bonds. The molecular weight excluding hydrogens is 376 g/mol. The number of aromatic nitrogens is 2. The van der Waals surface area contributed by atoms with Gasteiger partial charge in [0, 0.05) is 18.3 Å². The molecule has 152 valence electrons. The van der Waals surface area contributed by atoms with E-state index < -0.39 is 6.10 Å². The molecule has 0 aliphatic carbocycles. The summed E-state index contributed by atoms with van der Waals surface area (Å²) >= 11 is 0. The molecule has 6 nitrogen and oxygen atoms in total. The number of fused-ring (bicyclic) bond motifs is 3. The quantitative estimate of drug-likeness (QED) is 0.519. The lowest BCUT2D eigenvalue weighted by Gasteiger charge is -2.16. The number of imidazole rings is 1. The van der Waals surface area contributed by atoms with Gasteiger partial charge in [-0.1, -0.05) is 31.2 Å². The summed E-state index contributed by atoms with van der Waals surface area (Å²) < 4.78 is 3.43. The second-order valence-corrected chi connectivity index (χ2v) is 7.50. The molecule has 0 unspecified atom stereocenters. The summed E-state index contributed by atoms with van der Waals surface area (Å²) in [6, 6.07) is 19.4. The number of aliphatic hydroxyl groups is 1.